The van der Waals surface area contributed by atoms with Gasteiger partial charge in [-0.2, -0.15) is 0 Å². The molecular formula is C21H23NO3. The Labute approximate surface area is 148 Å². The average Bonchev–Trinajstić information content (AvgIpc) is 2.96. The number of amides is 1. The average molecular weight is 337 g/mol. The van der Waals surface area contributed by atoms with E-state index in [4.69, 9.17) is 4.74 Å². The van der Waals surface area contributed by atoms with Crippen molar-refractivity contribution in [3.05, 3.63) is 64.2 Å². The normalized spacial score (nSPS) is 14.0. The summed E-state index contributed by atoms with van der Waals surface area (Å²) in [6.07, 6.45) is 1.57. The van der Waals surface area contributed by atoms with E-state index in [1.54, 1.807) is 12.1 Å². The lowest BCUT2D eigenvalue weighted by molar-refractivity contribution is -0.128. The van der Waals surface area contributed by atoms with Gasteiger partial charge in [0.15, 0.2) is 0 Å². The van der Waals surface area contributed by atoms with Crippen molar-refractivity contribution in [2.75, 3.05) is 6.54 Å². The Kier molecular flexibility index (Phi) is 4.88. The van der Waals surface area contributed by atoms with E-state index in [9.17, 15) is 9.59 Å². The molecule has 0 spiro atoms. The largest absolute Gasteiger partial charge is 0.422 e. The van der Waals surface area contributed by atoms with Gasteiger partial charge in [-0.05, 0) is 56.0 Å². The van der Waals surface area contributed by atoms with E-state index in [1.807, 2.05) is 49.9 Å². The predicted octanol–water partition coefficient (Wildman–Crippen LogP) is 3.95. The molecule has 1 aliphatic rings. The van der Waals surface area contributed by atoms with E-state index < -0.39 is 0 Å². The molecule has 2 aromatic rings. The number of likely N-dealkylation sites (tertiary alicyclic amines) is 1. The third-order valence-corrected chi connectivity index (χ3v) is 4.53. The first-order chi connectivity index (χ1) is 11.9. The summed E-state index contributed by atoms with van der Waals surface area (Å²) >= 11 is 0. The zero-order valence-corrected chi connectivity index (χ0v) is 15.0. The maximum absolute atomic E-state index is 12.4. The van der Waals surface area contributed by atoms with Crippen molar-refractivity contribution in [2.24, 2.45) is 0 Å². The van der Waals surface area contributed by atoms with Gasteiger partial charge in [-0.1, -0.05) is 29.8 Å². The van der Waals surface area contributed by atoms with Gasteiger partial charge in [0.2, 0.25) is 5.91 Å². The third kappa shape index (κ3) is 3.90. The SMILES string of the molecule is Cc1cc(C)c(OC(=O)c2ccc(CN3CCCC3=O)cc2)c(C)c1. The molecule has 0 bridgehead atoms. The summed E-state index contributed by atoms with van der Waals surface area (Å²) in [6, 6.07) is 11.3. The minimum absolute atomic E-state index is 0.203. The summed E-state index contributed by atoms with van der Waals surface area (Å²) in [5.74, 6) is 0.468. The van der Waals surface area contributed by atoms with Crippen LogP contribution in [-0.2, 0) is 11.3 Å². The number of rotatable bonds is 4. The summed E-state index contributed by atoms with van der Waals surface area (Å²) in [7, 11) is 0. The van der Waals surface area contributed by atoms with Gasteiger partial charge in [-0.15, -0.1) is 0 Å². The Hall–Kier alpha value is -2.62. The number of hydrogen-bond acceptors (Lipinski definition) is 3. The van der Waals surface area contributed by atoms with Crippen LogP contribution in [-0.4, -0.2) is 23.3 Å². The van der Waals surface area contributed by atoms with E-state index in [-0.39, 0.29) is 11.9 Å². The van der Waals surface area contributed by atoms with Crippen molar-refractivity contribution in [1.82, 2.24) is 4.90 Å². The van der Waals surface area contributed by atoms with Crippen molar-refractivity contribution >= 4 is 11.9 Å². The number of aryl methyl sites for hydroxylation is 3. The van der Waals surface area contributed by atoms with Crippen molar-refractivity contribution in [3.63, 3.8) is 0 Å². The second-order valence-electron chi connectivity index (χ2n) is 6.73. The van der Waals surface area contributed by atoms with Gasteiger partial charge in [0.1, 0.15) is 5.75 Å². The molecule has 4 heteroatoms. The molecule has 0 N–H and O–H groups in total. The molecule has 0 aliphatic carbocycles. The van der Waals surface area contributed by atoms with E-state index >= 15 is 0 Å². The topological polar surface area (TPSA) is 46.6 Å². The summed E-state index contributed by atoms with van der Waals surface area (Å²) in [5, 5.41) is 0. The zero-order valence-electron chi connectivity index (χ0n) is 15.0. The number of ether oxygens (including phenoxy) is 1. The molecule has 2 aromatic carbocycles. The van der Waals surface area contributed by atoms with Crippen molar-refractivity contribution in [2.45, 2.75) is 40.2 Å². The Morgan fingerprint density at radius 3 is 2.28 bits per heavy atom. The maximum Gasteiger partial charge on any atom is 0.343 e. The quantitative estimate of drug-likeness (QED) is 0.627. The highest BCUT2D eigenvalue weighted by atomic mass is 16.5. The van der Waals surface area contributed by atoms with Gasteiger partial charge in [0.05, 0.1) is 5.56 Å². The Balaban J connectivity index is 1.70. The number of esters is 1. The molecular weight excluding hydrogens is 314 g/mol. The molecule has 0 radical (unpaired) electrons. The predicted molar refractivity (Wildman–Crippen MR) is 96.7 cm³/mol. The molecule has 0 atom stereocenters. The summed E-state index contributed by atoms with van der Waals surface area (Å²) in [6.45, 7) is 7.33. The van der Waals surface area contributed by atoms with Gasteiger partial charge < -0.3 is 9.64 Å². The van der Waals surface area contributed by atoms with E-state index in [1.165, 1.54) is 0 Å². The number of nitrogens with zero attached hydrogens (tertiary/aromatic N) is 1. The fraction of sp³-hybridized carbons (Fsp3) is 0.333. The molecule has 25 heavy (non-hydrogen) atoms. The first-order valence-corrected chi connectivity index (χ1v) is 8.61. The van der Waals surface area contributed by atoms with E-state index in [0.29, 0.717) is 24.3 Å². The highest BCUT2D eigenvalue weighted by Gasteiger charge is 2.20. The smallest absolute Gasteiger partial charge is 0.343 e. The molecule has 1 aliphatic heterocycles. The fourth-order valence-electron chi connectivity index (χ4n) is 3.32. The Morgan fingerprint density at radius 1 is 1.08 bits per heavy atom. The molecule has 4 nitrogen and oxygen atoms in total. The van der Waals surface area contributed by atoms with Crippen molar-refractivity contribution in [1.29, 1.82) is 0 Å². The van der Waals surface area contributed by atoms with Gasteiger partial charge in [-0.25, -0.2) is 4.79 Å². The molecule has 130 valence electrons. The van der Waals surface area contributed by atoms with Crippen LogP contribution in [0.4, 0.5) is 0 Å². The minimum Gasteiger partial charge on any atom is -0.422 e. The van der Waals surface area contributed by atoms with Gasteiger partial charge in [0, 0.05) is 19.5 Å². The van der Waals surface area contributed by atoms with E-state index in [0.717, 1.165) is 35.2 Å². The monoisotopic (exact) mass is 337 g/mol. The highest BCUT2D eigenvalue weighted by molar-refractivity contribution is 5.91. The number of carbonyl (C=O) groups excluding carboxylic acids is 2. The fourth-order valence-corrected chi connectivity index (χ4v) is 3.32. The van der Waals surface area contributed by atoms with Crippen LogP contribution in [0.1, 0.15) is 45.5 Å². The zero-order chi connectivity index (χ0) is 18.0. The lowest BCUT2D eigenvalue weighted by Crippen LogP contribution is -2.23. The lowest BCUT2D eigenvalue weighted by Gasteiger charge is -2.15. The molecule has 1 amide bonds. The number of benzene rings is 2. The summed E-state index contributed by atoms with van der Waals surface area (Å²) in [4.78, 5) is 26.0. The van der Waals surface area contributed by atoms with Crippen LogP contribution in [0.5, 0.6) is 5.75 Å². The Bertz CT molecular complexity index is 785. The van der Waals surface area contributed by atoms with Gasteiger partial charge in [-0.3, -0.25) is 4.79 Å². The van der Waals surface area contributed by atoms with Crippen LogP contribution < -0.4 is 4.74 Å². The maximum atomic E-state index is 12.4. The van der Waals surface area contributed by atoms with Crippen LogP contribution in [0.3, 0.4) is 0 Å². The molecule has 0 saturated carbocycles. The van der Waals surface area contributed by atoms with Crippen LogP contribution in [0.15, 0.2) is 36.4 Å². The second kappa shape index (κ2) is 7.09. The standard InChI is InChI=1S/C21H23NO3/c1-14-11-15(2)20(16(3)12-14)25-21(24)18-8-6-17(7-9-18)13-22-10-4-5-19(22)23/h6-9,11-12H,4-5,10,13H2,1-3H3. The molecule has 0 aromatic heterocycles. The number of hydrogen-bond donors (Lipinski definition) is 0. The highest BCUT2D eigenvalue weighted by Crippen LogP contribution is 2.25. The lowest BCUT2D eigenvalue weighted by atomic mass is 10.1. The minimum atomic E-state index is -0.362. The number of carbonyl (C=O) groups is 2. The molecule has 1 heterocycles. The first kappa shape index (κ1) is 17.2. The molecule has 0 unspecified atom stereocenters. The van der Waals surface area contributed by atoms with Crippen molar-refractivity contribution < 1.29 is 14.3 Å². The van der Waals surface area contributed by atoms with Crippen LogP contribution in [0, 0.1) is 20.8 Å². The van der Waals surface area contributed by atoms with Gasteiger partial charge >= 0.3 is 5.97 Å². The van der Waals surface area contributed by atoms with Crippen molar-refractivity contribution in [3.8, 4) is 5.75 Å². The second-order valence-corrected chi connectivity index (χ2v) is 6.73. The Morgan fingerprint density at radius 2 is 1.72 bits per heavy atom. The summed E-state index contributed by atoms with van der Waals surface area (Å²) in [5.41, 5.74) is 4.59. The van der Waals surface area contributed by atoms with Crippen LogP contribution in [0.2, 0.25) is 0 Å². The molecule has 1 saturated heterocycles. The van der Waals surface area contributed by atoms with Crippen LogP contribution >= 0.6 is 0 Å². The molecule has 1 fully saturated rings. The molecule has 3 rings (SSSR count). The summed E-state index contributed by atoms with van der Waals surface area (Å²) < 4.78 is 5.60. The first-order valence-electron chi connectivity index (χ1n) is 8.61. The van der Waals surface area contributed by atoms with E-state index in [2.05, 4.69) is 0 Å². The third-order valence-electron chi connectivity index (χ3n) is 4.53. The van der Waals surface area contributed by atoms with Crippen LogP contribution in [0.25, 0.3) is 0 Å². The van der Waals surface area contributed by atoms with Gasteiger partial charge in [0.25, 0.3) is 0 Å².